The van der Waals surface area contributed by atoms with Crippen molar-refractivity contribution in [2.75, 3.05) is 13.1 Å². The van der Waals surface area contributed by atoms with E-state index in [-0.39, 0.29) is 29.6 Å². The molecule has 23 heavy (non-hydrogen) atoms. The molecule has 5 nitrogen and oxygen atoms in total. The van der Waals surface area contributed by atoms with Crippen molar-refractivity contribution in [1.29, 1.82) is 0 Å². The number of carbonyl (C=O) groups excluding carboxylic acids is 2. The molecule has 2 fully saturated rings. The van der Waals surface area contributed by atoms with Crippen molar-refractivity contribution < 1.29 is 9.59 Å². The Hall–Kier alpha value is -1.88. The molecule has 1 saturated carbocycles. The third-order valence-corrected chi connectivity index (χ3v) is 5.34. The van der Waals surface area contributed by atoms with Gasteiger partial charge in [0.15, 0.2) is 0 Å². The summed E-state index contributed by atoms with van der Waals surface area (Å²) in [5, 5.41) is 0. The van der Waals surface area contributed by atoms with E-state index in [0.717, 1.165) is 36.8 Å². The molecule has 1 aliphatic heterocycles. The first-order valence-electron chi connectivity index (χ1n) is 8.47. The number of primary amides is 1. The van der Waals surface area contributed by atoms with Gasteiger partial charge >= 0.3 is 0 Å². The lowest BCUT2D eigenvalue weighted by molar-refractivity contribution is -0.134. The van der Waals surface area contributed by atoms with Crippen LogP contribution in [0, 0.1) is 11.8 Å². The largest absolute Gasteiger partial charge is 0.369 e. The maximum absolute atomic E-state index is 12.7. The molecule has 0 bridgehead atoms. The van der Waals surface area contributed by atoms with Crippen LogP contribution in [0.4, 0.5) is 0 Å². The zero-order valence-corrected chi connectivity index (χ0v) is 13.4. The van der Waals surface area contributed by atoms with Crippen LogP contribution >= 0.6 is 0 Å². The Morgan fingerprint density at radius 2 is 1.74 bits per heavy atom. The molecule has 1 saturated heterocycles. The van der Waals surface area contributed by atoms with Crippen molar-refractivity contribution in [3.8, 4) is 0 Å². The van der Waals surface area contributed by atoms with Gasteiger partial charge in [-0.25, -0.2) is 0 Å². The summed E-state index contributed by atoms with van der Waals surface area (Å²) in [6.07, 6.45) is 4.22. The number of amides is 2. The standard InChI is InChI=1S/C18H25N3O2/c19-9-12-5-7-13(8-6-12)15-10-21(11-16(15)17(20)22)18(23)14-3-1-2-4-14/h5-8,14-16H,1-4,9-11,19H2,(H2,20,22)/t15-,16+/m1/s1. The van der Waals surface area contributed by atoms with E-state index in [4.69, 9.17) is 11.5 Å². The van der Waals surface area contributed by atoms with Gasteiger partial charge in [-0.1, -0.05) is 37.1 Å². The number of carbonyl (C=O) groups is 2. The number of benzene rings is 1. The van der Waals surface area contributed by atoms with Crippen LogP contribution in [0.15, 0.2) is 24.3 Å². The van der Waals surface area contributed by atoms with Gasteiger partial charge in [-0.15, -0.1) is 0 Å². The highest BCUT2D eigenvalue weighted by Crippen LogP contribution is 2.35. The molecule has 2 aliphatic rings. The maximum Gasteiger partial charge on any atom is 0.225 e. The van der Waals surface area contributed by atoms with Crippen molar-refractivity contribution in [2.45, 2.75) is 38.1 Å². The summed E-state index contributed by atoms with van der Waals surface area (Å²) in [4.78, 5) is 26.4. The average molecular weight is 315 g/mol. The van der Waals surface area contributed by atoms with E-state index < -0.39 is 0 Å². The molecule has 0 unspecified atom stereocenters. The number of hydrogen-bond donors (Lipinski definition) is 2. The van der Waals surface area contributed by atoms with Crippen molar-refractivity contribution >= 4 is 11.8 Å². The Morgan fingerprint density at radius 1 is 1.09 bits per heavy atom. The van der Waals surface area contributed by atoms with Crippen molar-refractivity contribution in [1.82, 2.24) is 4.90 Å². The molecule has 124 valence electrons. The number of nitrogens with two attached hydrogens (primary N) is 2. The SMILES string of the molecule is NCc1ccc([C@H]2CN(C(=O)C3CCCC3)C[C@@H]2C(N)=O)cc1. The maximum atomic E-state index is 12.7. The summed E-state index contributed by atoms with van der Waals surface area (Å²) in [7, 11) is 0. The van der Waals surface area contributed by atoms with Crippen molar-refractivity contribution in [3.05, 3.63) is 35.4 Å². The van der Waals surface area contributed by atoms with Gasteiger partial charge in [0.25, 0.3) is 0 Å². The van der Waals surface area contributed by atoms with E-state index in [0.29, 0.717) is 19.6 Å². The Morgan fingerprint density at radius 3 is 2.30 bits per heavy atom. The molecule has 2 amide bonds. The van der Waals surface area contributed by atoms with Gasteiger partial charge in [0.1, 0.15) is 0 Å². The fourth-order valence-electron chi connectivity index (χ4n) is 3.94. The van der Waals surface area contributed by atoms with Gasteiger partial charge in [0.05, 0.1) is 5.92 Å². The zero-order valence-electron chi connectivity index (χ0n) is 13.4. The number of likely N-dealkylation sites (tertiary alicyclic amines) is 1. The van der Waals surface area contributed by atoms with E-state index in [2.05, 4.69) is 0 Å². The third kappa shape index (κ3) is 3.24. The first kappa shape index (κ1) is 16.0. The van der Waals surface area contributed by atoms with Gasteiger partial charge in [-0.2, -0.15) is 0 Å². The number of nitrogens with zero attached hydrogens (tertiary/aromatic N) is 1. The van der Waals surface area contributed by atoms with Crippen LogP contribution in [-0.4, -0.2) is 29.8 Å². The molecule has 5 heteroatoms. The molecule has 0 aromatic heterocycles. The van der Waals surface area contributed by atoms with Gasteiger partial charge in [0.2, 0.25) is 11.8 Å². The highest BCUT2D eigenvalue weighted by atomic mass is 16.2. The predicted octanol–water partition coefficient (Wildman–Crippen LogP) is 1.36. The number of hydrogen-bond acceptors (Lipinski definition) is 3. The second-order valence-corrected chi connectivity index (χ2v) is 6.79. The summed E-state index contributed by atoms with van der Waals surface area (Å²) < 4.78 is 0. The average Bonchev–Trinajstić information content (AvgIpc) is 3.24. The highest BCUT2D eigenvalue weighted by Gasteiger charge is 2.41. The fraction of sp³-hybridized carbons (Fsp3) is 0.556. The van der Waals surface area contributed by atoms with Gasteiger partial charge in [-0.3, -0.25) is 9.59 Å². The van der Waals surface area contributed by atoms with E-state index in [9.17, 15) is 9.59 Å². The summed E-state index contributed by atoms with van der Waals surface area (Å²) in [6, 6.07) is 7.97. The monoisotopic (exact) mass is 315 g/mol. The minimum atomic E-state index is -0.320. The van der Waals surface area contributed by atoms with E-state index in [1.807, 2.05) is 29.2 Å². The van der Waals surface area contributed by atoms with Crippen LogP contribution in [0.3, 0.4) is 0 Å². The molecular formula is C18H25N3O2. The number of rotatable bonds is 4. The molecular weight excluding hydrogens is 290 g/mol. The molecule has 4 N–H and O–H groups in total. The molecule has 0 radical (unpaired) electrons. The van der Waals surface area contributed by atoms with Crippen molar-refractivity contribution in [2.24, 2.45) is 23.3 Å². The molecule has 0 spiro atoms. The lowest BCUT2D eigenvalue weighted by atomic mass is 9.88. The van der Waals surface area contributed by atoms with Crippen LogP contribution in [0.25, 0.3) is 0 Å². The second kappa shape index (κ2) is 6.71. The Bertz CT molecular complexity index is 578. The predicted molar refractivity (Wildman–Crippen MR) is 88.3 cm³/mol. The van der Waals surface area contributed by atoms with Gasteiger partial charge < -0.3 is 16.4 Å². The summed E-state index contributed by atoms with van der Waals surface area (Å²) in [5.74, 6) is -0.287. The zero-order chi connectivity index (χ0) is 16.4. The minimum absolute atomic E-state index is 0.00956. The van der Waals surface area contributed by atoms with Crippen LogP contribution in [0.2, 0.25) is 0 Å². The summed E-state index contributed by atoms with van der Waals surface area (Å²) in [5.41, 5.74) is 13.4. The quantitative estimate of drug-likeness (QED) is 0.879. The molecule has 1 aliphatic carbocycles. The summed E-state index contributed by atoms with van der Waals surface area (Å²) in [6.45, 7) is 1.54. The lowest BCUT2D eigenvalue weighted by Crippen LogP contribution is -2.35. The molecule has 1 heterocycles. The minimum Gasteiger partial charge on any atom is -0.369 e. The molecule has 1 aromatic carbocycles. The van der Waals surface area contributed by atoms with Gasteiger partial charge in [0, 0.05) is 31.5 Å². The van der Waals surface area contributed by atoms with Crippen LogP contribution < -0.4 is 11.5 Å². The fourth-order valence-corrected chi connectivity index (χ4v) is 3.94. The van der Waals surface area contributed by atoms with E-state index in [1.165, 1.54) is 0 Å². The topological polar surface area (TPSA) is 89.4 Å². The Balaban J connectivity index is 1.77. The first-order valence-corrected chi connectivity index (χ1v) is 8.47. The summed E-state index contributed by atoms with van der Waals surface area (Å²) >= 11 is 0. The molecule has 2 atom stereocenters. The van der Waals surface area contributed by atoms with Crippen LogP contribution in [0.1, 0.15) is 42.7 Å². The normalized spacial score (nSPS) is 25.0. The smallest absolute Gasteiger partial charge is 0.225 e. The first-order chi connectivity index (χ1) is 11.1. The third-order valence-electron chi connectivity index (χ3n) is 5.34. The molecule has 1 aromatic rings. The van der Waals surface area contributed by atoms with Crippen LogP contribution in [0.5, 0.6) is 0 Å². The Kier molecular flexibility index (Phi) is 4.66. The van der Waals surface area contributed by atoms with Crippen LogP contribution in [-0.2, 0) is 16.1 Å². The van der Waals surface area contributed by atoms with E-state index in [1.54, 1.807) is 0 Å². The second-order valence-electron chi connectivity index (χ2n) is 6.79. The highest BCUT2D eigenvalue weighted by molar-refractivity contribution is 5.83. The van der Waals surface area contributed by atoms with E-state index >= 15 is 0 Å². The molecule has 3 rings (SSSR count). The Labute approximate surface area is 137 Å². The lowest BCUT2D eigenvalue weighted by Gasteiger charge is -2.20. The van der Waals surface area contributed by atoms with Crippen molar-refractivity contribution in [3.63, 3.8) is 0 Å². The van der Waals surface area contributed by atoms with Gasteiger partial charge in [-0.05, 0) is 24.0 Å².